The van der Waals surface area contributed by atoms with Crippen LogP contribution in [0.1, 0.15) is 0 Å². The lowest BCUT2D eigenvalue weighted by Gasteiger charge is -2.25. The number of fused-ring (bicyclic) bond motifs is 1. The van der Waals surface area contributed by atoms with Gasteiger partial charge in [-0.05, 0) is 77.2 Å². The summed E-state index contributed by atoms with van der Waals surface area (Å²) in [6.07, 6.45) is 2.14. The average molecular weight is 437 g/mol. The molecule has 1 heterocycles. The molecule has 0 saturated carbocycles. The third-order valence-corrected chi connectivity index (χ3v) is 6.23. The maximum atomic E-state index is 2.28. The SMILES string of the molecule is c1ccc(N(c2ccccc2)c2ccc(-c3ccc(-n4ccc5ccccc54)cc3)cc2)cc1. The number of rotatable bonds is 5. The van der Waals surface area contributed by atoms with Gasteiger partial charge >= 0.3 is 0 Å². The Labute approximate surface area is 200 Å². The first-order valence-corrected chi connectivity index (χ1v) is 11.5. The van der Waals surface area contributed by atoms with Crippen molar-refractivity contribution in [1.82, 2.24) is 4.57 Å². The summed E-state index contributed by atoms with van der Waals surface area (Å²) in [7, 11) is 0. The third-order valence-electron chi connectivity index (χ3n) is 6.23. The Balaban J connectivity index is 1.31. The minimum absolute atomic E-state index is 1.14. The van der Waals surface area contributed by atoms with Gasteiger partial charge < -0.3 is 9.47 Å². The number of para-hydroxylation sites is 3. The monoisotopic (exact) mass is 436 g/mol. The van der Waals surface area contributed by atoms with Crippen molar-refractivity contribution < 1.29 is 0 Å². The quantitative estimate of drug-likeness (QED) is 0.262. The van der Waals surface area contributed by atoms with Crippen LogP contribution in [-0.4, -0.2) is 4.57 Å². The maximum Gasteiger partial charge on any atom is 0.0528 e. The van der Waals surface area contributed by atoms with Crippen molar-refractivity contribution in [2.75, 3.05) is 4.90 Å². The molecule has 0 bridgehead atoms. The van der Waals surface area contributed by atoms with Crippen molar-refractivity contribution in [2.24, 2.45) is 0 Å². The predicted molar refractivity (Wildman–Crippen MR) is 143 cm³/mol. The first-order valence-electron chi connectivity index (χ1n) is 11.5. The van der Waals surface area contributed by atoms with Crippen LogP contribution in [0.15, 0.2) is 146 Å². The highest BCUT2D eigenvalue weighted by Crippen LogP contribution is 2.35. The molecule has 1 aromatic heterocycles. The highest BCUT2D eigenvalue weighted by molar-refractivity contribution is 5.82. The van der Waals surface area contributed by atoms with Crippen molar-refractivity contribution in [3.05, 3.63) is 146 Å². The zero-order valence-corrected chi connectivity index (χ0v) is 18.8. The van der Waals surface area contributed by atoms with Gasteiger partial charge in [0.1, 0.15) is 0 Å². The summed E-state index contributed by atoms with van der Waals surface area (Å²) in [5.74, 6) is 0. The molecule has 0 unspecified atom stereocenters. The van der Waals surface area contributed by atoms with Crippen LogP contribution in [0, 0.1) is 0 Å². The summed E-state index contributed by atoms with van der Waals surface area (Å²) >= 11 is 0. The molecule has 6 aromatic rings. The smallest absolute Gasteiger partial charge is 0.0528 e. The van der Waals surface area contributed by atoms with E-state index in [9.17, 15) is 0 Å². The van der Waals surface area contributed by atoms with Gasteiger partial charge in [0, 0.05) is 28.9 Å². The van der Waals surface area contributed by atoms with Crippen LogP contribution in [0.25, 0.3) is 27.7 Å². The second-order valence-corrected chi connectivity index (χ2v) is 8.34. The lowest BCUT2D eigenvalue weighted by molar-refractivity contribution is 1.13. The van der Waals surface area contributed by atoms with E-state index in [1.165, 1.54) is 27.7 Å². The largest absolute Gasteiger partial charge is 0.317 e. The van der Waals surface area contributed by atoms with Crippen LogP contribution < -0.4 is 4.90 Å². The lowest BCUT2D eigenvalue weighted by Crippen LogP contribution is -2.09. The van der Waals surface area contributed by atoms with Gasteiger partial charge in [0.05, 0.1) is 5.52 Å². The molecule has 0 fully saturated rings. The van der Waals surface area contributed by atoms with E-state index in [-0.39, 0.29) is 0 Å². The molecule has 0 spiro atoms. The molecule has 162 valence electrons. The molecule has 0 radical (unpaired) electrons. The van der Waals surface area contributed by atoms with Gasteiger partial charge in [-0.3, -0.25) is 0 Å². The molecule has 0 N–H and O–H groups in total. The number of hydrogen-bond acceptors (Lipinski definition) is 1. The molecule has 2 nitrogen and oxygen atoms in total. The molecule has 5 aromatic carbocycles. The fraction of sp³-hybridized carbons (Fsp3) is 0. The van der Waals surface area contributed by atoms with E-state index in [0.29, 0.717) is 0 Å². The topological polar surface area (TPSA) is 8.17 Å². The van der Waals surface area contributed by atoms with Crippen LogP contribution in [0.3, 0.4) is 0 Å². The molecule has 0 aliphatic rings. The first kappa shape index (κ1) is 20.1. The van der Waals surface area contributed by atoms with Crippen LogP contribution >= 0.6 is 0 Å². The molecular formula is C32H24N2. The summed E-state index contributed by atoms with van der Waals surface area (Å²) in [6, 6.07) is 49.2. The van der Waals surface area contributed by atoms with Gasteiger partial charge in [-0.1, -0.05) is 78.9 Å². The normalized spacial score (nSPS) is 10.9. The molecule has 6 rings (SSSR count). The van der Waals surface area contributed by atoms with Gasteiger partial charge in [-0.25, -0.2) is 0 Å². The Morgan fingerprint density at radius 3 is 1.53 bits per heavy atom. The van der Waals surface area contributed by atoms with E-state index in [2.05, 4.69) is 155 Å². The van der Waals surface area contributed by atoms with Gasteiger partial charge in [0.15, 0.2) is 0 Å². The molecule has 0 aliphatic heterocycles. The molecule has 0 saturated heterocycles. The molecular weight excluding hydrogens is 412 g/mol. The Hall–Kier alpha value is -4.56. The highest BCUT2D eigenvalue weighted by Gasteiger charge is 2.12. The van der Waals surface area contributed by atoms with E-state index in [1.54, 1.807) is 0 Å². The Kier molecular flexibility index (Phi) is 5.17. The van der Waals surface area contributed by atoms with Crippen molar-refractivity contribution in [2.45, 2.75) is 0 Å². The van der Waals surface area contributed by atoms with Crippen molar-refractivity contribution in [3.63, 3.8) is 0 Å². The molecule has 0 amide bonds. The third kappa shape index (κ3) is 3.76. The molecule has 0 atom stereocenters. The molecule has 34 heavy (non-hydrogen) atoms. The van der Waals surface area contributed by atoms with Gasteiger partial charge in [0.2, 0.25) is 0 Å². The van der Waals surface area contributed by atoms with Crippen LogP contribution in [-0.2, 0) is 0 Å². The average Bonchev–Trinajstić information content (AvgIpc) is 3.35. The maximum absolute atomic E-state index is 2.28. The summed E-state index contributed by atoms with van der Waals surface area (Å²) < 4.78 is 2.24. The predicted octanol–water partition coefficient (Wildman–Crippen LogP) is 8.77. The van der Waals surface area contributed by atoms with E-state index >= 15 is 0 Å². The molecule has 0 aliphatic carbocycles. The number of anilines is 3. The van der Waals surface area contributed by atoms with E-state index in [4.69, 9.17) is 0 Å². The summed E-state index contributed by atoms with van der Waals surface area (Å²) in [4.78, 5) is 2.28. The van der Waals surface area contributed by atoms with E-state index in [1.807, 2.05) is 0 Å². The summed E-state index contributed by atoms with van der Waals surface area (Å²) in [5, 5.41) is 1.25. The second kappa shape index (κ2) is 8.76. The Morgan fingerprint density at radius 2 is 0.912 bits per heavy atom. The Bertz CT molecular complexity index is 1470. The lowest BCUT2D eigenvalue weighted by atomic mass is 10.0. The van der Waals surface area contributed by atoms with E-state index < -0.39 is 0 Å². The number of nitrogens with zero attached hydrogens (tertiary/aromatic N) is 2. The van der Waals surface area contributed by atoms with Crippen LogP contribution in [0.2, 0.25) is 0 Å². The van der Waals surface area contributed by atoms with Crippen LogP contribution in [0.5, 0.6) is 0 Å². The minimum Gasteiger partial charge on any atom is -0.317 e. The number of aromatic nitrogens is 1. The Morgan fingerprint density at radius 1 is 0.412 bits per heavy atom. The highest BCUT2D eigenvalue weighted by atomic mass is 15.1. The summed E-state index contributed by atoms with van der Waals surface area (Å²) in [6.45, 7) is 0. The molecule has 2 heteroatoms. The zero-order chi connectivity index (χ0) is 22.7. The first-order chi connectivity index (χ1) is 16.9. The fourth-order valence-corrected chi connectivity index (χ4v) is 4.53. The van der Waals surface area contributed by atoms with E-state index in [0.717, 1.165) is 17.1 Å². The van der Waals surface area contributed by atoms with Crippen molar-refractivity contribution in [3.8, 4) is 16.8 Å². The number of hydrogen-bond donors (Lipinski definition) is 0. The van der Waals surface area contributed by atoms with Crippen LogP contribution in [0.4, 0.5) is 17.1 Å². The summed E-state index contributed by atoms with van der Waals surface area (Å²) in [5.41, 5.74) is 8.22. The fourth-order valence-electron chi connectivity index (χ4n) is 4.53. The van der Waals surface area contributed by atoms with Crippen molar-refractivity contribution >= 4 is 28.0 Å². The van der Waals surface area contributed by atoms with Gasteiger partial charge in [-0.2, -0.15) is 0 Å². The standard InChI is InChI=1S/C32H24N2/c1-3-10-29(11-4-1)34(30-12-5-2-6-13-30)31-21-17-26(18-22-31)25-15-19-28(20-16-25)33-24-23-27-9-7-8-14-32(27)33/h1-24H. The van der Waals surface area contributed by atoms with Crippen molar-refractivity contribution in [1.29, 1.82) is 0 Å². The minimum atomic E-state index is 1.14. The van der Waals surface area contributed by atoms with Gasteiger partial charge in [0.25, 0.3) is 0 Å². The second-order valence-electron chi connectivity index (χ2n) is 8.34. The van der Waals surface area contributed by atoms with Gasteiger partial charge in [-0.15, -0.1) is 0 Å². The zero-order valence-electron chi connectivity index (χ0n) is 18.8. The number of benzene rings is 5.